The molecule has 0 saturated carbocycles. The van der Waals surface area contributed by atoms with E-state index in [0.717, 1.165) is 0 Å². The summed E-state index contributed by atoms with van der Waals surface area (Å²) in [5, 5.41) is 14.6. The minimum absolute atomic E-state index is 0.0178. The Morgan fingerprint density at radius 2 is 1.95 bits per heavy atom. The molecule has 2 rings (SSSR count). The van der Waals surface area contributed by atoms with Gasteiger partial charge in [0.25, 0.3) is 0 Å². The lowest BCUT2D eigenvalue weighted by Crippen LogP contribution is -2.19. The second kappa shape index (κ2) is 6.33. The van der Waals surface area contributed by atoms with Crippen LogP contribution in [-0.2, 0) is 0 Å². The normalized spacial score (nSPS) is 9.65. The summed E-state index contributed by atoms with van der Waals surface area (Å²) in [6.07, 6.45) is 0. The molecule has 0 aromatic heterocycles. The van der Waals surface area contributed by atoms with E-state index in [9.17, 15) is 4.39 Å². The molecular formula is C14H9ClFN3S. The van der Waals surface area contributed by atoms with E-state index in [4.69, 9.17) is 29.1 Å². The highest BCUT2D eigenvalue weighted by Crippen LogP contribution is 2.22. The van der Waals surface area contributed by atoms with Gasteiger partial charge in [0.15, 0.2) is 10.9 Å². The van der Waals surface area contributed by atoms with Gasteiger partial charge in [-0.15, -0.1) is 0 Å². The standard InChI is InChI=1S/C14H9ClFN3S/c15-11-5-2-6-12(13(11)16)19-14(20)18-10-4-1-3-9(7-10)8-17/h1-7H,(H2,18,19,20). The summed E-state index contributed by atoms with van der Waals surface area (Å²) < 4.78 is 13.7. The summed E-state index contributed by atoms with van der Waals surface area (Å²) >= 11 is 10.8. The lowest BCUT2D eigenvalue weighted by atomic mass is 10.2. The van der Waals surface area contributed by atoms with Crippen molar-refractivity contribution in [3.63, 3.8) is 0 Å². The second-order valence-electron chi connectivity index (χ2n) is 3.87. The Morgan fingerprint density at radius 1 is 1.20 bits per heavy atom. The number of benzene rings is 2. The quantitative estimate of drug-likeness (QED) is 0.818. The van der Waals surface area contributed by atoms with Gasteiger partial charge < -0.3 is 10.6 Å². The monoisotopic (exact) mass is 305 g/mol. The molecule has 0 saturated heterocycles. The van der Waals surface area contributed by atoms with Crippen LogP contribution in [0.1, 0.15) is 5.56 Å². The first-order chi connectivity index (χ1) is 9.60. The molecule has 0 bridgehead atoms. The average Bonchev–Trinajstić information content (AvgIpc) is 2.44. The largest absolute Gasteiger partial charge is 0.332 e. The van der Waals surface area contributed by atoms with Crippen LogP contribution in [0.2, 0.25) is 5.02 Å². The molecule has 6 heteroatoms. The SMILES string of the molecule is N#Cc1cccc(NC(=S)Nc2cccc(Cl)c2F)c1. The van der Waals surface area contributed by atoms with E-state index in [1.807, 2.05) is 6.07 Å². The van der Waals surface area contributed by atoms with E-state index >= 15 is 0 Å². The fourth-order valence-electron chi connectivity index (χ4n) is 1.55. The Balaban J connectivity index is 2.09. The zero-order valence-corrected chi connectivity index (χ0v) is 11.7. The number of hydrogen-bond donors (Lipinski definition) is 2. The van der Waals surface area contributed by atoms with Crippen LogP contribution in [0.3, 0.4) is 0 Å². The van der Waals surface area contributed by atoms with Crippen LogP contribution >= 0.6 is 23.8 Å². The van der Waals surface area contributed by atoms with Crippen molar-refractivity contribution in [2.45, 2.75) is 0 Å². The number of nitrogens with one attached hydrogen (secondary N) is 2. The molecule has 2 N–H and O–H groups in total. The van der Waals surface area contributed by atoms with Crippen molar-refractivity contribution < 1.29 is 4.39 Å². The first kappa shape index (κ1) is 14.3. The first-order valence-electron chi connectivity index (χ1n) is 5.62. The number of halogens is 2. The van der Waals surface area contributed by atoms with Gasteiger partial charge in [-0.2, -0.15) is 5.26 Å². The van der Waals surface area contributed by atoms with Crippen LogP contribution in [0.25, 0.3) is 0 Å². The molecule has 100 valence electrons. The number of hydrogen-bond acceptors (Lipinski definition) is 2. The zero-order chi connectivity index (χ0) is 14.5. The van der Waals surface area contributed by atoms with Gasteiger partial charge >= 0.3 is 0 Å². The molecule has 0 heterocycles. The molecule has 3 nitrogen and oxygen atoms in total. The number of thiocarbonyl (C=S) groups is 1. The van der Waals surface area contributed by atoms with Crippen LogP contribution in [0, 0.1) is 17.1 Å². The third-order valence-corrected chi connectivity index (χ3v) is 2.95. The Bertz CT molecular complexity index is 697. The topological polar surface area (TPSA) is 47.9 Å². The molecule has 2 aromatic carbocycles. The smallest absolute Gasteiger partial charge is 0.175 e. The van der Waals surface area contributed by atoms with Crippen molar-refractivity contribution in [1.82, 2.24) is 0 Å². The van der Waals surface area contributed by atoms with Gasteiger partial charge in [0.05, 0.1) is 22.3 Å². The molecule has 0 radical (unpaired) electrons. The number of anilines is 2. The van der Waals surface area contributed by atoms with E-state index in [0.29, 0.717) is 11.3 Å². The molecule has 0 spiro atoms. The van der Waals surface area contributed by atoms with Crippen molar-refractivity contribution in [3.05, 3.63) is 58.9 Å². The van der Waals surface area contributed by atoms with Crippen LogP contribution in [0.4, 0.5) is 15.8 Å². The van der Waals surface area contributed by atoms with Crippen molar-refractivity contribution in [2.24, 2.45) is 0 Å². The molecule has 0 amide bonds. The Morgan fingerprint density at radius 3 is 2.70 bits per heavy atom. The van der Waals surface area contributed by atoms with E-state index in [2.05, 4.69) is 10.6 Å². The minimum Gasteiger partial charge on any atom is -0.332 e. The Hall–Kier alpha value is -2.16. The summed E-state index contributed by atoms with van der Waals surface area (Å²) in [7, 11) is 0. The molecule has 0 aliphatic carbocycles. The molecular weight excluding hydrogens is 297 g/mol. The van der Waals surface area contributed by atoms with Gasteiger partial charge in [-0.1, -0.05) is 23.7 Å². The van der Waals surface area contributed by atoms with E-state index in [1.165, 1.54) is 12.1 Å². The summed E-state index contributed by atoms with van der Waals surface area (Å²) in [6.45, 7) is 0. The van der Waals surface area contributed by atoms with Crippen LogP contribution < -0.4 is 10.6 Å². The number of nitriles is 1. The van der Waals surface area contributed by atoms with E-state index in [-0.39, 0.29) is 15.8 Å². The highest BCUT2D eigenvalue weighted by atomic mass is 35.5. The average molecular weight is 306 g/mol. The summed E-state index contributed by atoms with van der Waals surface area (Å²) in [4.78, 5) is 0. The van der Waals surface area contributed by atoms with Crippen LogP contribution in [0.15, 0.2) is 42.5 Å². The lowest BCUT2D eigenvalue weighted by molar-refractivity contribution is 0.632. The highest BCUT2D eigenvalue weighted by Gasteiger charge is 2.07. The van der Waals surface area contributed by atoms with E-state index < -0.39 is 5.82 Å². The van der Waals surface area contributed by atoms with Gasteiger partial charge in [-0.3, -0.25) is 0 Å². The van der Waals surface area contributed by atoms with Gasteiger partial charge in [-0.25, -0.2) is 4.39 Å². The summed E-state index contributed by atoms with van der Waals surface area (Å²) in [5.41, 5.74) is 1.34. The van der Waals surface area contributed by atoms with Crippen molar-refractivity contribution in [1.29, 1.82) is 5.26 Å². The maximum absolute atomic E-state index is 13.7. The second-order valence-corrected chi connectivity index (χ2v) is 4.69. The van der Waals surface area contributed by atoms with Crippen LogP contribution in [-0.4, -0.2) is 5.11 Å². The maximum Gasteiger partial charge on any atom is 0.175 e. The maximum atomic E-state index is 13.7. The van der Waals surface area contributed by atoms with Gasteiger partial charge in [0.2, 0.25) is 0 Å². The minimum atomic E-state index is -0.566. The summed E-state index contributed by atoms with van der Waals surface area (Å²) in [5.74, 6) is -0.566. The molecule has 0 unspecified atom stereocenters. The predicted octanol–water partition coefficient (Wildman–Crippen LogP) is 4.16. The summed E-state index contributed by atoms with van der Waals surface area (Å²) in [6, 6.07) is 13.4. The third kappa shape index (κ3) is 3.44. The molecule has 0 aliphatic heterocycles. The van der Waals surface area contributed by atoms with Crippen molar-refractivity contribution in [2.75, 3.05) is 10.6 Å². The molecule has 20 heavy (non-hydrogen) atoms. The van der Waals surface area contributed by atoms with Crippen LogP contribution in [0.5, 0.6) is 0 Å². The first-order valence-corrected chi connectivity index (χ1v) is 6.41. The third-order valence-electron chi connectivity index (χ3n) is 2.45. The fraction of sp³-hybridized carbons (Fsp3) is 0. The molecule has 0 fully saturated rings. The van der Waals surface area contributed by atoms with Gasteiger partial charge in [-0.05, 0) is 42.5 Å². The van der Waals surface area contributed by atoms with Gasteiger partial charge in [0, 0.05) is 5.69 Å². The van der Waals surface area contributed by atoms with Crippen molar-refractivity contribution in [3.8, 4) is 6.07 Å². The zero-order valence-electron chi connectivity index (χ0n) is 10.2. The Labute approximate surface area is 126 Å². The Kier molecular flexibility index (Phi) is 4.51. The van der Waals surface area contributed by atoms with Gasteiger partial charge in [0.1, 0.15) is 0 Å². The molecule has 2 aromatic rings. The predicted molar refractivity (Wildman–Crippen MR) is 82.4 cm³/mol. The highest BCUT2D eigenvalue weighted by molar-refractivity contribution is 7.80. The molecule has 0 aliphatic rings. The van der Waals surface area contributed by atoms with Crippen molar-refractivity contribution >= 4 is 40.3 Å². The van der Waals surface area contributed by atoms with E-state index in [1.54, 1.807) is 30.3 Å². The molecule has 0 atom stereocenters. The number of rotatable bonds is 2. The number of nitrogens with zero attached hydrogens (tertiary/aromatic N) is 1. The lowest BCUT2D eigenvalue weighted by Gasteiger charge is -2.11. The fourth-order valence-corrected chi connectivity index (χ4v) is 1.95.